The zero-order chi connectivity index (χ0) is 12.6. The van der Waals surface area contributed by atoms with Crippen LogP contribution in [0, 0.1) is 11.6 Å². The van der Waals surface area contributed by atoms with Crippen LogP contribution in [-0.2, 0) is 4.79 Å². The Balaban J connectivity index is 2.46. The maximum Gasteiger partial charge on any atom is 0.158 e. The van der Waals surface area contributed by atoms with Crippen molar-refractivity contribution >= 4 is 11.4 Å². The summed E-state index contributed by atoms with van der Waals surface area (Å²) in [6.07, 6.45) is 1.42. The van der Waals surface area contributed by atoms with Crippen LogP contribution in [0.1, 0.15) is 25.3 Å². The normalized spacial score (nSPS) is 24.7. The maximum absolute atomic E-state index is 13.5. The zero-order valence-electron chi connectivity index (χ0n) is 9.34. The average Bonchev–Trinajstić information content (AvgIpc) is 2.18. The molecule has 1 aliphatic carbocycles. The summed E-state index contributed by atoms with van der Waals surface area (Å²) in [5.74, 6) is -1.44. The van der Waals surface area contributed by atoms with Crippen molar-refractivity contribution in [2.24, 2.45) is 0 Å². The van der Waals surface area contributed by atoms with Crippen LogP contribution in [0.5, 0.6) is 0 Å². The lowest BCUT2D eigenvalue weighted by atomic mass is 9.82. The summed E-state index contributed by atoms with van der Waals surface area (Å²) in [4.78, 5) is 11.4. The number of allylic oxidation sites excluding steroid dienone is 1. The molecule has 0 bridgehead atoms. The smallest absolute Gasteiger partial charge is 0.158 e. The summed E-state index contributed by atoms with van der Waals surface area (Å²) in [6, 6.07) is 3.07. The van der Waals surface area contributed by atoms with Crippen LogP contribution >= 0.6 is 0 Å². The van der Waals surface area contributed by atoms with E-state index in [1.807, 2.05) is 0 Å². The zero-order valence-corrected chi connectivity index (χ0v) is 9.34. The molecule has 0 saturated heterocycles. The van der Waals surface area contributed by atoms with Crippen molar-refractivity contribution in [1.29, 1.82) is 0 Å². The Morgan fingerprint density at radius 1 is 1.29 bits per heavy atom. The van der Waals surface area contributed by atoms with Gasteiger partial charge in [-0.05, 0) is 36.8 Å². The minimum atomic E-state index is -1.19. The summed E-state index contributed by atoms with van der Waals surface area (Å²) in [6.45, 7) is 1.51. The first kappa shape index (κ1) is 11.9. The van der Waals surface area contributed by atoms with Crippen molar-refractivity contribution in [2.45, 2.75) is 25.4 Å². The van der Waals surface area contributed by atoms with E-state index in [-0.39, 0.29) is 24.2 Å². The number of carbonyl (C=O) groups is 1. The van der Waals surface area contributed by atoms with Gasteiger partial charge in [-0.1, -0.05) is 0 Å². The molecule has 1 aromatic carbocycles. The fraction of sp³-hybridized carbons (Fsp3) is 0.308. The number of rotatable bonds is 1. The monoisotopic (exact) mass is 238 g/mol. The molecule has 0 amide bonds. The summed E-state index contributed by atoms with van der Waals surface area (Å²) in [7, 11) is 0. The number of hydrogen-bond acceptors (Lipinski definition) is 2. The van der Waals surface area contributed by atoms with Gasteiger partial charge in [0.1, 0.15) is 11.6 Å². The van der Waals surface area contributed by atoms with Crippen LogP contribution in [0.2, 0.25) is 0 Å². The van der Waals surface area contributed by atoms with Crippen molar-refractivity contribution in [3.8, 4) is 0 Å². The molecule has 0 radical (unpaired) electrons. The van der Waals surface area contributed by atoms with E-state index in [1.165, 1.54) is 13.0 Å². The van der Waals surface area contributed by atoms with Gasteiger partial charge in [0.15, 0.2) is 5.78 Å². The Hall–Kier alpha value is -1.55. The molecular weight excluding hydrogens is 226 g/mol. The largest absolute Gasteiger partial charge is 0.389 e. The van der Waals surface area contributed by atoms with Gasteiger partial charge in [0, 0.05) is 18.4 Å². The second-order valence-corrected chi connectivity index (χ2v) is 4.61. The van der Waals surface area contributed by atoms with Gasteiger partial charge >= 0.3 is 0 Å². The lowest BCUT2D eigenvalue weighted by Crippen LogP contribution is -2.31. The van der Waals surface area contributed by atoms with E-state index >= 15 is 0 Å². The maximum atomic E-state index is 13.5. The molecule has 4 heteroatoms. The van der Waals surface area contributed by atoms with E-state index in [1.54, 1.807) is 0 Å². The van der Waals surface area contributed by atoms with Crippen LogP contribution in [0.4, 0.5) is 8.78 Å². The Morgan fingerprint density at radius 2 is 2.00 bits per heavy atom. The van der Waals surface area contributed by atoms with E-state index in [9.17, 15) is 18.7 Å². The van der Waals surface area contributed by atoms with Crippen LogP contribution < -0.4 is 0 Å². The molecule has 1 aliphatic rings. The number of aliphatic hydroxyl groups is 1. The Kier molecular flexibility index (Phi) is 2.83. The highest BCUT2D eigenvalue weighted by Crippen LogP contribution is 2.33. The van der Waals surface area contributed by atoms with Crippen LogP contribution in [0.15, 0.2) is 24.3 Å². The van der Waals surface area contributed by atoms with Gasteiger partial charge in [-0.15, -0.1) is 0 Å². The lowest BCUT2D eigenvalue weighted by molar-refractivity contribution is -0.119. The molecule has 0 saturated carbocycles. The van der Waals surface area contributed by atoms with Crippen molar-refractivity contribution in [3.63, 3.8) is 0 Å². The second-order valence-electron chi connectivity index (χ2n) is 4.61. The minimum absolute atomic E-state index is 0.00738. The molecule has 2 nitrogen and oxygen atoms in total. The van der Waals surface area contributed by atoms with Crippen LogP contribution in [0.25, 0.3) is 5.57 Å². The Bertz CT molecular complexity index is 504. The van der Waals surface area contributed by atoms with Crippen LogP contribution in [-0.4, -0.2) is 16.5 Å². The van der Waals surface area contributed by atoms with Gasteiger partial charge in [-0.25, -0.2) is 8.78 Å². The predicted molar refractivity (Wildman–Crippen MR) is 59.2 cm³/mol. The third kappa shape index (κ3) is 2.58. The number of halogens is 2. The number of benzene rings is 1. The lowest BCUT2D eigenvalue weighted by Gasteiger charge is -2.27. The van der Waals surface area contributed by atoms with Gasteiger partial charge in [0.05, 0.1) is 5.60 Å². The van der Waals surface area contributed by atoms with Gasteiger partial charge in [-0.2, -0.15) is 0 Å². The molecule has 0 aromatic heterocycles. The first-order valence-corrected chi connectivity index (χ1v) is 5.29. The molecule has 0 spiro atoms. The molecule has 1 N–H and O–H groups in total. The predicted octanol–water partition coefficient (Wildman–Crippen LogP) is 2.46. The molecule has 2 rings (SSSR count). The van der Waals surface area contributed by atoms with Gasteiger partial charge in [0.2, 0.25) is 0 Å². The highest BCUT2D eigenvalue weighted by Gasteiger charge is 2.30. The van der Waals surface area contributed by atoms with Crippen molar-refractivity contribution < 1.29 is 18.7 Å². The molecule has 90 valence electrons. The second kappa shape index (κ2) is 4.04. The summed E-state index contributed by atoms with van der Waals surface area (Å²) >= 11 is 0. The number of ketones is 1. The van der Waals surface area contributed by atoms with Gasteiger partial charge < -0.3 is 5.11 Å². The van der Waals surface area contributed by atoms with Crippen LogP contribution in [0.3, 0.4) is 0 Å². The molecule has 1 unspecified atom stereocenters. The highest BCUT2D eigenvalue weighted by atomic mass is 19.1. The first-order chi connectivity index (χ1) is 7.87. The first-order valence-electron chi connectivity index (χ1n) is 5.29. The number of carbonyl (C=O) groups excluding carboxylic acids is 1. The molecule has 0 heterocycles. The third-order valence-corrected chi connectivity index (χ3v) is 2.74. The average molecular weight is 238 g/mol. The van der Waals surface area contributed by atoms with E-state index < -0.39 is 17.2 Å². The van der Waals surface area contributed by atoms with Crippen molar-refractivity contribution in [2.75, 3.05) is 0 Å². The van der Waals surface area contributed by atoms with E-state index in [0.29, 0.717) is 5.57 Å². The third-order valence-electron chi connectivity index (χ3n) is 2.74. The van der Waals surface area contributed by atoms with E-state index in [2.05, 4.69) is 0 Å². The highest BCUT2D eigenvalue weighted by molar-refractivity contribution is 5.99. The molecule has 0 fully saturated rings. The molecule has 1 atom stereocenters. The summed E-state index contributed by atoms with van der Waals surface area (Å²) in [5, 5.41) is 9.86. The van der Waals surface area contributed by atoms with Gasteiger partial charge in [-0.3, -0.25) is 4.79 Å². The standard InChI is InChI=1S/C13H12F2O2/c1-13(17)6-8(4-10(16)7-13)11-5-9(14)2-3-12(11)15/h2-5,17H,6-7H2,1H3. The molecule has 1 aromatic rings. The van der Waals surface area contributed by atoms with Crippen molar-refractivity contribution in [1.82, 2.24) is 0 Å². The fourth-order valence-corrected chi connectivity index (χ4v) is 2.06. The van der Waals surface area contributed by atoms with E-state index in [4.69, 9.17) is 0 Å². The Morgan fingerprint density at radius 3 is 2.65 bits per heavy atom. The fourth-order valence-electron chi connectivity index (χ4n) is 2.06. The summed E-state index contributed by atoms with van der Waals surface area (Å²) in [5.41, 5.74) is -0.818. The topological polar surface area (TPSA) is 37.3 Å². The molecular formula is C13H12F2O2. The molecule has 0 aliphatic heterocycles. The minimum Gasteiger partial charge on any atom is -0.389 e. The Labute approximate surface area is 97.6 Å². The van der Waals surface area contributed by atoms with Crippen molar-refractivity contribution in [3.05, 3.63) is 41.5 Å². The molecule has 17 heavy (non-hydrogen) atoms. The SMILES string of the molecule is CC1(O)CC(=O)C=C(c2cc(F)ccc2F)C1. The summed E-state index contributed by atoms with van der Waals surface area (Å²) < 4.78 is 26.6. The van der Waals surface area contributed by atoms with Gasteiger partial charge in [0.25, 0.3) is 0 Å². The number of hydrogen-bond donors (Lipinski definition) is 1. The quantitative estimate of drug-likeness (QED) is 0.816. The van der Waals surface area contributed by atoms with E-state index in [0.717, 1.165) is 18.2 Å².